The van der Waals surface area contributed by atoms with Crippen LogP contribution >= 0.6 is 0 Å². The summed E-state index contributed by atoms with van der Waals surface area (Å²) in [6.07, 6.45) is 2.53. The largest absolute Gasteiger partial charge is 0.355 e. The number of rotatable bonds is 4. The molecule has 0 aliphatic heterocycles. The highest BCUT2D eigenvalue weighted by Gasteiger charge is 2.22. The minimum absolute atomic E-state index is 0.244. The average Bonchev–Trinajstić information content (AvgIpc) is 3.10. The van der Waals surface area contributed by atoms with Crippen molar-refractivity contribution in [3.8, 4) is 0 Å². The van der Waals surface area contributed by atoms with Crippen molar-refractivity contribution in [2.75, 3.05) is 11.9 Å². The number of hydrogen-bond donors (Lipinski definition) is 2. The average molecular weight is 247 g/mol. The minimum Gasteiger partial charge on any atom is -0.355 e. The number of aromatic amines is 1. The standard InChI is InChI=1S/C12H17N5O/c1-7(2)9-5-10-15-16-12(18)17(10)11(14-9)13-6-8-3-4-8/h5,7-8H,3-4,6H2,1-2H3,(H,13,14)(H,16,18). The van der Waals surface area contributed by atoms with E-state index in [4.69, 9.17) is 0 Å². The Morgan fingerprint density at radius 2 is 2.33 bits per heavy atom. The molecule has 0 aromatic carbocycles. The molecule has 96 valence electrons. The topological polar surface area (TPSA) is 75.1 Å². The molecule has 6 nitrogen and oxygen atoms in total. The van der Waals surface area contributed by atoms with Gasteiger partial charge in [-0.25, -0.2) is 19.3 Å². The first kappa shape index (κ1) is 11.3. The molecule has 0 saturated heterocycles. The monoisotopic (exact) mass is 247 g/mol. The van der Waals surface area contributed by atoms with E-state index in [2.05, 4.69) is 34.3 Å². The highest BCUT2D eigenvalue weighted by molar-refractivity contribution is 5.46. The molecular formula is C12H17N5O. The van der Waals surface area contributed by atoms with E-state index in [0.29, 0.717) is 17.5 Å². The van der Waals surface area contributed by atoms with Gasteiger partial charge in [-0.1, -0.05) is 13.8 Å². The summed E-state index contributed by atoms with van der Waals surface area (Å²) in [6.45, 7) is 5.03. The molecule has 1 aliphatic carbocycles. The van der Waals surface area contributed by atoms with Gasteiger partial charge in [-0.3, -0.25) is 0 Å². The maximum atomic E-state index is 11.7. The first-order valence-electron chi connectivity index (χ1n) is 6.37. The van der Waals surface area contributed by atoms with Crippen molar-refractivity contribution in [2.24, 2.45) is 5.92 Å². The van der Waals surface area contributed by atoms with Crippen molar-refractivity contribution in [3.05, 3.63) is 22.2 Å². The molecule has 2 aromatic heterocycles. The lowest BCUT2D eigenvalue weighted by Crippen LogP contribution is -2.18. The first-order valence-corrected chi connectivity index (χ1v) is 6.37. The zero-order chi connectivity index (χ0) is 12.7. The first-order chi connectivity index (χ1) is 8.65. The van der Waals surface area contributed by atoms with Crippen LogP contribution in [0, 0.1) is 5.92 Å². The number of nitrogens with one attached hydrogen (secondary N) is 2. The summed E-state index contributed by atoms with van der Waals surface area (Å²) in [6, 6.07) is 1.85. The van der Waals surface area contributed by atoms with E-state index in [-0.39, 0.29) is 5.69 Å². The van der Waals surface area contributed by atoms with Gasteiger partial charge in [0.25, 0.3) is 0 Å². The lowest BCUT2D eigenvalue weighted by molar-refractivity contribution is 0.800. The van der Waals surface area contributed by atoms with E-state index < -0.39 is 0 Å². The highest BCUT2D eigenvalue weighted by atomic mass is 16.1. The lowest BCUT2D eigenvalue weighted by Gasteiger charge is -2.10. The van der Waals surface area contributed by atoms with E-state index in [1.54, 1.807) is 0 Å². The molecule has 3 rings (SSSR count). The van der Waals surface area contributed by atoms with Gasteiger partial charge in [-0.05, 0) is 24.7 Å². The van der Waals surface area contributed by atoms with Gasteiger partial charge in [-0.2, -0.15) is 5.10 Å². The molecule has 0 bridgehead atoms. The van der Waals surface area contributed by atoms with Crippen LogP contribution in [0.25, 0.3) is 5.65 Å². The molecule has 2 heterocycles. The Hall–Kier alpha value is -1.85. The van der Waals surface area contributed by atoms with Crippen LogP contribution in [0.1, 0.15) is 38.3 Å². The number of aromatic nitrogens is 4. The molecule has 0 spiro atoms. The Balaban J connectivity index is 2.05. The summed E-state index contributed by atoms with van der Waals surface area (Å²) in [5.41, 5.74) is 1.32. The van der Waals surface area contributed by atoms with Crippen molar-refractivity contribution in [1.82, 2.24) is 19.6 Å². The molecule has 2 N–H and O–H groups in total. The van der Waals surface area contributed by atoms with E-state index >= 15 is 0 Å². The second-order valence-electron chi connectivity index (χ2n) is 5.21. The van der Waals surface area contributed by atoms with Crippen LogP contribution in [-0.4, -0.2) is 26.1 Å². The third-order valence-electron chi connectivity index (χ3n) is 3.26. The number of H-pyrrole nitrogens is 1. The zero-order valence-corrected chi connectivity index (χ0v) is 10.6. The second kappa shape index (κ2) is 4.12. The van der Waals surface area contributed by atoms with Crippen LogP contribution in [0.5, 0.6) is 0 Å². The third kappa shape index (κ3) is 1.98. The maximum absolute atomic E-state index is 11.7. The van der Waals surface area contributed by atoms with Crippen LogP contribution < -0.4 is 11.0 Å². The van der Waals surface area contributed by atoms with E-state index in [9.17, 15) is 4.79 Å². The number of fused-ring (bicyclic) bond motifs is 1. The van der Waals surface area contributed by atoms with Crippen LogP contribution in [0.3, 0.4) is 0 Å². The van der Waals surface area contributed by atoms with E-state index in [1.165, 1.54) is 17.2 Å². The number of anilines is 1. The second-order valence-corrected chi connectivity index (χ2v) is 5.21. The third-order valence-corrected chi connectivity index (χ3v) is 3.26. The molecule has 0 unspecified atom stereocenters. The molecule has 2 aromatic rings. The van der Waals surface area contributed by atoms with Gasteiger partial charge in [-0.15, -0.1) is 0 Å². The fourth-order valence-electron chi connectivity index (χ4n) is 1.92. The Kier molecular flexibility index (Phi) is 2.57. The summed E-state index contributed by atoms with van der Waals surface area (Å²) in [5, 5.41) is 9.74. The van der Waals surface area contributed by atoms with E-state index in [1.807, 2.05) is 6.07 Å². The normalized spacial score (nSPS) is 15.5. The summed E-state index contributed by atoms with van der Waals surface area (Å²) in [4.78, 5) is 16.2. The zero-order valence-electron chi connectivity index (χ0n) is 10.6. The van der Waals surface area contributed by atoms with Gasteiger partial charge in [0.05, 0.1) is 5.69 Å². The number of nitrogens with zero attached hydrogens (tertiary/aromatic N) is 3. The van der Waals surface area contributed by atoms with Gasteiger partial charge < -0.3 is 5.32 Å². The van der Waals surface area contributed by atoms with Crippen LogP contribution in [0.2, 0.25) is 0 Å². The molecule has 0 radical (unpaired) electrons. The maximum Gasteiger partial charge on any atom is 0.350 e. The molecular weight excluding hydrogens is 230 g/mol. The van der Waals surface area contributed by atoms with Crippen molar-refractivity contribution in [2.45, 2.75) is 32.6 Å². The summed E-state index contributed by atoms with van der Waals surface area (Å²) >= 11 is 0. The van der Waals surface area contributed by atoms with Gasteiger partial charge in [0.2, 0.25) is 5.95 Å². The van der Waals surface area contributed by atoms with Crippen molar-refractivity contribution in [3.63, 3.8) is 0 Å². The van der Waals surface area contributed by atoms with E-state index in [0.717, 1.165) is 18.2 Å². The molecule has 6 heteroatoms. The highest BCUT2D eigenvalue weighted by Crippen LogP contribution is 2.28. The Bertz CT molecular complexity index is 623. The molecule has 1 fully saturated rings. The molecule has 0 atom stereocenters. The minimum atomic E-state index is -0.244. The quantitative estimate of drug-likeness (QED) is 0.855. The van der Waals surface area contributed by atoms with Crippen LogP contribution in [0.15, 0.2) is 10.9 Å². The Morgan fingerprint density at radius 1 is 1.56 bits per heavy atom. The number of hydrogen-bond acceptors (Lipinski definition) is 4. The molecule has 0 amide bonds. The smallest absolute Gasteiger partial charge is 0.350 e. The van der Waals surface area contributed by atoms with Gasteiger partial charge in [0, 0.05) is 12.6 Å². The summed E-state index contributed by atoms with van der Waals surface area (Å²) < 4.78 is 1.49. The molecule has 1 aliphatic rings. The summed E-state index contributed by atoms with van der Waals surface area (Å²) in [5.74, 6) is 1.64. The van der Waals surface area contributed by atoms with Crippen LogP contribution in [-0.2, 0) is 0 Å². The van der Waals surface area contributed by atoms with Crippen molar-refractivity contribution in [1.29, 1.82) is 0 Å². The Labute approximate surface area is 104 Å². The molecule has 18 heavy (non-hydrogen) atoms. The lowest BCUT2D eigenvalue weighted by atomic mass is 10.1. The predicted octanol–water partition coefficient (Wildman–Crippen LogP) is 1.36. The van der Waals surface area contributed by atoms with Crippen molar-refractivity contribution >= 4 is 11.6 Å². The van der Waals surface area contributed by atoms with Crippen molar-refractivity contribution < 1.29 is 0 Å². The fraction of sp³-hybridized carbons (Fsp3) is 0.583. The van der Waals surface area contributed by atoms with Crippen LogP contribution in [0.4, 0.5) is 5.95 Å². The van der Waals surface area contributed by atoms with Gasteiger partial charge >= 0.3 is 5.69 Å². The molecule has 1 saturated carbocycles. The predicted molar refractivity (Wildman–Crippen MR) is 68.9 cm³/mol. The van der Waals surface area contributed by atoms with Gasteiger partial charge in [0.1, 0.15) is 0 Å². The SMILES string of the molecule is CC(C)c1cc2n[nH]c(=O)n2c(NCC2CC2)n1. The summed E-state index contributed by atoms with van der Waals surface area (Å²) in [7, 11) is 0. The van der Waals surface area contributed by atoms with Gasteiger partial charge in [0.15, 0.2) is 5.65 Å². The Morgan fingerprint density at radius 3 is 3.00 bits per heavy atom. The fourth-order valence-corrected chi connectivity index (χ4v) is 1.92.